The van der Waals surface area contributed by atoms with E-state index in [0.29, 0.717) is 25.7 Å². The number of rotatable bonds is 9. The van der Waals surface area contributed by atoms with Crippen LogP contribution in [0.1, 0.15) is 20.3 Å². The van der Waals surface area contributed by atoms with Gasteiger partial charge in [0.2, 0.25) is 16.0 Å². The van der Waals surface area contributed by atoms with Gasteiger partial charge in [-0.15, -0.1) is 0 Å². The molecule has 1 N–H and O–H groups in total. The van der Waals surface area contributed by atoms with Crippen molar-refractivity contribution in [2.45, 2.75) is 25.2 Å². The van der Waals surface area contributed by atoms with Crippen LogP contribution in [0, 0.1) is 0 Å². The van der Waals surface area contributed by atoms with Crippen molar-refractivity contribution in [1.82, 2.24) is 14.3 Å². The van der Waals surface area contributed by atoms with E-state index >= 15 is 0 Å². The molecule has 0 aliphatic rings. The van der Waals surface area contributed by atoms with Crippen LogP contribution in [0.15, 0.2) is 17.3 Å². The Morgan fingerprint density at radius 3 is 2.50 bits per heavy atom. The first kappa shape index (κ1) is 16.8. The van der Waals surface area contributed by atoms with Crippen LogP contribution in [-0.4, -0.2) is 56.0 Å². The summed E-state index contributed by atoms with van der Waals surface area (Å²) < 4.78 is 30.8. The third-order valence-electron chi connectivity index (χ3n) is 2.62. The van der Waals surface area contributed by atoms with Gasteiger partial charge in [0.15, 0.2) is 0 Å². The molecule has 1 heterocycles. The molecule has 0 aliphatic carbocycles. The van der Waals surface area contributed by atoms with Crippen LogP contribution in [0.2, 0.25) is 0 Å². The fourth-order valence-corrected chi connectivity index (χ4v) is 2.46. The highest BCUT2D eigenvalue weighted by Crippen LogP contribution is 2.12. The van der Waals surface area contributed by atoms with Gasteiger partial charge in [-0.3, -0.25) is 0 Å². The molecule has 0 fully saturated rings. The van der Waals surface area contributed by atoms with E-state index in [1.165, 1.54) is 23.7 Å². The fourth-order valence-electron chi connectivity index (χ4n) is 1.42. The SMILES string of the molecule is CCCNc1ncc(S(=O)(=O)N(C)CCOCC)cn1. The van der Waals surface area contributed by atoms with Crippen LogP contribution in [0.25, 0.3) is 0 Å². The van der Waals surface area contributed by atoms with Gasteiger partial charge in [-0.05, 0) is 13.3 Å². The van der Waals surface area contributed by atoms with E-state index in [9.17, 15) is 8.42 Å². The van der Waals surface area contributed by atoms with E-state index in [0.717, 1.165) is 13.0 Å². The van der Waals surface area contributed by atoms with Gasteiger partial charge in [-0.2, -0.15) is 4.31 Å². The Bertz CT molecular complexity index is 490. The van der Waals surface area contributed by atoms with E-state index < -0.39 is 10.0 Å². The Kier molecular flexibility index (Phi) is 6.83. The zero-order valence-electron chi connectivity index (χ0n) is 12.2. The Labute approximate surface area is 120 Å². The number of nitrogens with one attached hydrogen (secondary N) is 1. The Balaban J connectivity index is 2.71. The average Bonchev–Trinajstić information content (AvgIpc) is 2.45. The van der Waals surface area contributed by atoms with Gasteiger partial charge in [0, 0.05) is 26.7 Å². The normalized spacial score (nSPS) is 11.8. The molecule has 0 bridgehead atoms. The van der Waals surface area contributed by atoms with Gasteiger partial charge in [0.25, 0.3) is 0 Å². The first-order valence-corrected chi connectivity index (χ1v) is 8.06. The molecule has 0 spiro atoms. The number of anilines is 1. The highest BCUT2D eigenvalue weighted by atomic mass is 32.2. The number of hydrogen-bond donors (Lipinski definition) is 1. The zero-order valence-corrected chi connectivity index (χ0v) is 13.0. The number of nitrogens with zero attached hydrogens (tertiary/aromatic N) is 3. The summed E-state index contributed by atoms with van der Waals surface area (Å²) in [6, 6.07) is 0. The molecule has 0 saturated heterocycles. The number of ether oxygens (including phenoxy) is 1. The van der Waals surface area contributed by atoms with E-state index in [1.807, 2.05) is 13.8 Å². The molecule has 20 heavy (non-hydrogen) atoms. The first-order chi connectivity index (χ1) is 9.52. The minimum Gasteiger partial charge on any atom is -0.380 e. The molecule has 0 unspecified atom stereocenters. The molecule has 0 radical (unpaired) electrons. The van der Waals surface area contributed by atoms with Gasteiger partial charge in [0.1, 0.15) is 4.90 Å². The van der Waals surface area contributed by atoms with Crippen LogP contribution < -0.4 is 5.32 Å². The third-order valence-corrected chi connectivity index (χ3v) is 4.43. The van der Waals surface area contributed by atoms with Crippen LogP contribution in [0.3, 0.4) is 0 Å². The maximum absolute atomic E-state index is 12.2. The average molecular weight is 302 g/mol. The number of hydrogen-bond acceptors (Lipinski definition) is 6. The van der Waals surface area contributed by atoms with E-state index in [1.54, 1.807) is 0 Å². The van der Waals surface area contributed by atoms with E-state index in [4.69, 9.17) is 4.74 Å². The summed E-state index contributed by atoms with van der Waals surface area (Å²) in [5.41, 5.74) is 0. The Morgan fingerprint density at radius 2 is 1.95 bits per heavy atom. The second-order valence-electron chi connectivity index (χ2n) is 4.19. The minimum atomic E-state index is -3.56. The Hall–Kier alpha value is -1.25. The summed E-state index contributed by atoms with van der Waals surface area (Å²) in [7, 11) is -2.04. The van der Waals surface area contributed by atoms with Crippen molar-refractivity contribution in [2.75, 3.05) is 38.7 Å². The number of aromatic nitrogens is 2. The largest absolute Gasteiger partial charge is 0.380 e. The lowest BCUT2D eigenvalue weighted by Crippen LogP contribution is -2.30. The summed E-state index contributed by atoms with van der Waals surface area (Å²) in [5.74, 6) is 0.433. The lowest BCUT2D eigenvalue weighted by Gasteiger charge is -2.16. The van der Waals surface area contributed by atoms with E-state index in [2.05, 4.69) is 15.3 Å². The van der Waals surface area contributed by atoms with Crippen LogP contribution >= 0.6 is 0 Å². The van der Waals surface area contributed by atoms with Crippen LogP contribution in [0.5, 0.6) is 0 Å². The van der Waals surface area contributed by atoms with Crippen molar-refractivity contribution >= 4 is 16.0 Å². The lowest BCUT2D eigenvalue weighted by atomic mass is 10.5. The molecule has 1 aromatic heterocycles. The highest BCUT2D eigenvalue weighted by Gasteiger charge is 2.21. The predicted octanol–water partition coefficient (Wildman–Crippen LogP) is 0.955. The quantitative estimate of drug-likeness (QED) is 0.684. The van der Waals surface area contributed by atoms with Gasteiger partial charge in [0.05, 0.1) is 19.0 Å². The number of sulfonamides is 1. The van der Waals surface area contributed by atoms with Crippen molar-refractivity contribution in [2.24, 2.45) is 0 Å². The lowest BCUT2D eigenvalue weighted by molar-refractivity contribution is 0.138. The van der Waals surface area contributed by atoms with Crippen molar-refractivity contribution in [3.05, 3.63) is 12.4 Å². The standard InChI is InChI=1S/C12H22N4O3S/c1-4-6-13-12-14-9-11(10-15-12)20(17,18)16(3)7-8-19-5-2/h9-10H,4-8H2,1-3H3,(H,13,14,15). The molecule has 8 heteroatoms. The van der Waals surface area contributed by atoms with Gasteiger partial charge in [-0.25, -0.2) is 18.4 Å². The summed E-state index contributed by atoms with van der Waals surface area (Å²) in [6.07, 6.45) is 3.58. The van der Waals surface area contributed by atoms with Crippen molar-refractivity contribution in [3.63, 3.8) is 0 Å². The molecule has 1 aromatic rings. The smallest absolute Gasteiger partial charge is 0.245 e. The minimum absolute atomic E-state index is 0.0820. The third kappa shape index (κ3) is 4.69. The molecule has 114 valence electrons. The topological polar surface area (TPSA) is 84.4 Å². The predicted molar refractivity (Wildman–Crippen MR) is 77.1 cm³/mol. The second kappa shape index (κ2) is 8.13. The Morgan fingerprint density at radius 1 is 1.30 bits per heavy atom. The second-order valence-corrected chi connectivity index (χ2v) is 6.24. The molecular weight excluding hydrogens is 280 g/mol. The van der Waals surface area contributed by atoms with Gasteiger partial charge in [-0.1, -0.05) is 6.92 Å². The molecule has 1 rings (SSSR count). The molecule has 0 saturated carbocycles. The zero-order chi connectivity index (χ0) is 15.0. The van der Waals surface area contributed by atoms with Crippen LogP contribution in [0.4, 0.5) is 5.95 Å². The van der Waals surface area contributed by atoms with Gasteiger partial charge >= 0.3 is 0 Å². The summed E-state index contributed by atoms with van der Waals surface area (Å²) in [4.78, 5) is 8.09. The molecule has 0 aromatic carbocycles. The molecule has 0 aliphatic heterocycles. The van der Waals surface area contributed by atoms with Crippen molar-refractivity contribution in [3.8, 4) is 0 Å². The fraction of sp³-hybridized carbons (Fsp3) is 0.667. The first-order valence-electron chi connectivity index (χ1n) is 6.62. The van der Waals surface area contributed by atoms with E-state index in [-0.39, 0.29) is 4.90 Å². The number of likely N-dealkylation sites (N-methyl/N-ethyl adjacent to an activating group) is 1. The maximum Gasteiger partial charge on any atom is 0.245 e. The molecule has 0 amide bonds. The monoisotopic (exact) mass is 302 g/mol. The molecular formula is C12H22N4O3S. The molecule has 0 atom stereocenters. The van der Waals surface area contributed by atoms with Crippen molar-refractivity contribution in [1.29, 1.82) is 0 Å². The summed E-state index contributed by atoms with van der Waals surface area (Å²) in [6.45, 7) is 5.87. The molecule has 7 nitrogen and oxygen atoms in total. The summed E-state index contributed by atoms with van der Waals surface area (Å²) in [5, 5.41) is 2.99. The van der Waals surface area contributed by atoms with Crippen LogP contribution in [-0.2, 0) is 14.8 Å². The van der Waals surface area contributed by atoms with Gasteiger partial charge < -0.3 is 10.1 Å². The summed E-state index contributed by atoms with van der Waals surface area (Å²) >= 11 is 0. The maximum atomic E-state index is 12.2. The highest BCUT2D eigenvalue weighted by molar-refractivity contribution is 7.89. The van der Waals surface area contributed by atoms with Crippen molar-refractivity contribution < 1.29 is 13.2 Å².